The lowest BCUT2D eigenvalue weighted by Gasteiger charge is -2.36. The van der Waals surface area contributed by atoms with Crippen LogP contribution in [0.15, 0.2) is 24.3 Å². The topological polar surface area (TPSA) is 38.7 Å². The summed E-state index contributed by atoms with van der Waals surface area (Å²) in [5.74, 6) is 0.834. The quantitative estimate of drug-likeness (QED) is 0.815. The lowest BCUT2D eigenvalue weighted by Crippen LogP contribution is -2.42. The van der Waals surface area contributed by atoms with Crippen LogP contribution >= 0.6 is 0 Å². The number of aliphatic hydroxyl groups excluding tert-OH is 1. The van der Waals surface area contributed by atoms with Crippen molar-refractivity contribution in [2.24, 2.45) is 0 Å². The van der Waals surface area contributed by atoms with Crippen LogP contribution in [0.25, 0.3) is 0 Å². The normalized spacial score (nSPS) is 14.2. The highest BCUT2D eigenvalue weighted by Gasteiger charge is 2.37. The van der Waals surface area contributed by atoms with Crippen LogP contribution in [-0.2, 0) is 10.8 Å². The minimum atomic E-state index is -1.78. The first kappa shape index (κ1) is 17.2. The van der Waals surface area contributed by atoms with E-state index in [2.05, 4.69) is 33.9 Å². The van der Waals surface area contributed by atoms with E-state index >= 15 is 0 Å². The van der Waals surface area contributed by atoms with Gasteiger partial charge in [0, 0.05) is 6.42 Å². The van der Waals surface area contributed by atoms with Gasteiger partial charge in [-0.1, -0.05) is 32.9 Å². The van der Waals surface area contributed by atoms with Crippen LogP contribution in [0, 0.1) is 0 Å². The van der Waals surface area contributed by atoms with Crippen molar-refractivity contribution < 1.29 is 14.3 Å². The third kappa shape index (κ3) is 4.92. The van der Waals surface area contributed by atoms with E-state index in [9.17, 15) is 5.11 Å². The summed E-state index contributed by atoms with van der Waals surface area (Å²) in [5.41, 5.74) is 1.09. The Kier molecular flexibility index (Phi) is 5.80. The number of benzene rings is 1. The highest BCUT2D eigenvalue weighted by Crippen LogP contribution is 2.36. The molecular formula is C16H28O3Si. The third-order valence-corrected chi connectivity index (χ3v) is 8.57. The number of aliphatic hydroxyl groups is 1. The summed E-state index contributed by atoms with van der Waals surface area (Å²) in [6.45, 7) is 11.4. The van der Waals surface area contributed by atoms with Gasteiger partial charge >= 0.3 is 0 Å². The van der Waals surface area contributed by atoms with Crippen LogP contribution in [0.3, 0.4) is 0 Å². The van der Waals surface area contributed by atoms with E-state index in [1.54, 1.807) is 7.11 Å². The van der Waals surface area contributed by atoms with E-state index in [4.69, 9.17) is 9.16 Å². The van der Waals surface area contributed by atoms with Crippen molar-refractivity contribution in [3.63, 3.8) is 0 Å². The van der Waals surface area contributed by atoms with Crippen molar-refractivity contribution >= 4 is 8.32 Å². The molecule has 0 fully saturated rings. The van der Waals surface area contributed by atoms with Crippen LogP contribution in [0.1, 0.15) is 26.3 Å². The van der Waals surface area contributed by atoms with Crippen molar-refractivity contribution in [3.05, 3.63) is 29.8 Å². The number of ether oxygens (including phenoxy) is 1. The Labute approximate surface area is 124 Å². The molecule has 0 amide bonds. The van der Waals surface area contributed by atoms with Crippen LogP contribution in [0.5, 0.6) is 5.75 Å². The zero-order valence-corrected chi connectivity index (χ0v) is 14.6. The molecule has 0 saturated heterocycles. The molecule has 0 radical (unpaired) electrons. The Bertz CT molecular complexity index is 407. The van der Waals surface area contributed by atoms with E-state index in [0.717, 1.165) is 11.3 Å². The zero-order chi connectivity index (χ0) is 15.4. The predicted molar refractivity (Wildman–Crippen MR) is 85.9 cm³/mol. The van der Waals surface area contributed by atoms with Crippen molar-refractivity contribution in [1.82, 2.24) is 0 Å². The molecule has 1 rings (SSSR count). The number of hydrogen-bond acceptors (Lipinski definition) is 3. The Balaban J connectivity index is 2.49. The summed E-state index contributed by atoms with van der Waals surface area (Å²) in [4.78, 5) is 0. The standard InChI is InChI=1S/C16H28O3Si/c1-16(2,3)20(5,6)19-12-14(17)11-13-7-9-15(18-4)10-8-13/h7-10,14,17H,11-12H2,1-6H3/t14-/m0/s1. The van der Waals surface area contributed by atoms with Crippen molar-refractivity contribution in [1.29, 1.82) is 0 Å². The fourth-order valence-electron chi connectivity index (χ4n) is 1.61. The molecule has 0 bridgehead atoms. The highest BCUT2D eigenvalue weighted by atomic mass is 28.4. The minimum absolute atomic E-state index is 0.173. The summed E-state index contributed by atoms with van der Waals surface area (Å²) in [6.07, 6.45) is 0.149. The van der Waals surface area contributed by atoms with Crippen LogP contribution < -0.4 is 4.74 Å². The monoisotopic (exact) mass is 296 g/mol. The molecule has 0 aliphatic rings. The number of rotatable bonds is 6. The van der Waals surface area contributed by atoms with Crippen LogP contribution in [0.2, 0.25) is 18.1 Å². The minimum Gasteiger partial charge on any atom is -0.497 e. The van der Waals surface area contributed by atoms with E-state index in [1.165, 1.54) is 0 Å². The molecule has 0 unspecified atom stereocenters. The summed E-state index contributed by atoms with van der Waals surface area (Å²) in [5, 5.41) is 10.3. The Morgan fingerprint density at radius 2 is 1.70 bits per heavy atom. The molecule has 20 heavy (non-hydrogen) atoms. The number of methoxy groups -OCH3 is 1. The smallest absolute Gasteiger partial charge is 0.192 e. The fourth-order valence-corrected chi connectivity index (χ4v) is 2.66. The fraction of sp³-hybridized carbons (Fsp3) is 0.625. The van der Waals surface area contributed by atoms with Gasteiger partial charge in [0.2, 0.25) is 0 Å². The molecule has 1 aromatic carbocycles. The molecule has 0 spiro atoms. The van der Waals surface area contributed by atoms with E-state index in [1.807, 2.05) is 24.3 Å². The maximum absolute atomic E-state index is 10.1. The van der Waals surface area contributed by atoms with E-state index < -0.39 is 14.4 Å². The Hall–Kier alpha value is -0.843. The number of hydrogen-bond donors (Lipinski definition) is 1. The largest absolute Gasteiger partial charge is 0.497 e. The van der Waals surface area contributed by atoms with Gasteiger partial charge in [-0.3, -0.25) is 0 Å². The molecule has 1 atom stereocenters. The van der Waals surface area contributed by atoms with Gasteiger partial charge in [0.15, 0.2) is 8.32 Å². The van der Waals surface area contributed by atoms with E-state index in [-0.39, 0.29) is 5.04 Å². The van der Waals surface area contributed by atoms with Gasteiger partial charge in [0.1, 0.15) is 5.75 Å². The molecule has 1 N–H and O–H groups in total. The molecule has 0 aliphatic carbocycles. The summed E-state index contributed by atoms with van der Waals surface area (Å²) < 4.78 is 11.2. The Morgan fingerprint density at radius 1 is 1.15 bits per heavy atom. The molecule has 3 nitrogen and oxygen atoms in total. The molecule has 4 heteroatoms. The van der Waals surface area contributed by atoms with Crippen molar-refractivity contribution in [2.45, 2.75) is 51.4 Å². The maximum Gasteiger partial charge on any atom is 0.192 e. The molecule has 0 saturated carbocycles. The predicted octanol–water partition coefficient (Wildman–Crippen LogP) is 3.62. The molecular weight excluding hydrogens is 268 g/mol. The summed E-state index contributed by atoms with van der Waals surface area (Å²) in [6, 6.07) is 7.79. The second-order valence-corrected chi connectivity index (χ2v) is 11.6. The second-order valence-electron chi connectivity index (χ2n) is 6.78. The maximum atomic E-state index is 10.1. The Morgan fingerprint density at radius 3 is 2.15 bits per heavy atom. The summed E-state index contributed by atoms with van der Waals surface area (Å²) >= 11 is 0. The van der Waals surface area contributed by atoms with Crippen LogP contribution in [-0.4, -0.2) is 33.2 Å². The second kappa shape index (κ2) is 6.74. The average Bonchev–Trinajstić information content (AvgIpc) is 2.36. The molecule has 1 aromatic rings. The average molecular weight is 296 g/mol. The summed E-state index contributed by atoms with van der Waals surface area (Å²) in [7, 11) is -0.130. The third-order valence-electron chi connectivity index (χ3n) is 4.07. The molecule has 0 aliphatic heterocycles. The first-order chi connectivity index (χ1) is 9.15. The molecule has 0 heterocycles. The SMILES string of the molecule is COc1ccc(C[C@H](O)CO[Si](C)(C)C(C)(C)C)cc1. The van der Waals surface area contributed by atoms with Crippen molar-refractivity contribution in [2.75, 3.05) is 13.7 Å². The van der Waals surface area contributed by atoms with Crippen molar-refractivity contribution in [3.8, 4) is 5.75 Å². The van der Waals surface area contributed by atoms with E-state index in [0.29, 0.717) is 13.0 Å². The van der Waals surface area contributed by atoms with Gasteiger partial charge < -0.3 is 14.3 Å². The first-order valence-electron chi connectivity index (χ1n) is 7.10. The van der Waals surface area contributed by atoms with Gasteiger partial charge in [-0.05, 0) is 35.8 Å². The van der Waals surface area contributed by atoms with Gasteiger partial charge in [-0.15, -0.1) is 0 Å². The highest BCUT2D eigenvalue weighted by molar-refractivity contribution is 6.74. The lowest BCUT2D eigenvalue weighted by atomic mass is 10.1. The first-order valence-corrected chi connectivity index (χ1v) is 10.0. The zero-order valence-electron chi connectivity index (χ0n) is 13.6. The van der Waals surface area contributed by atoms with Gasteiger partial charge in [-0.25, -0.2) is 0 Å². The molecule has 0 aromatic heterocycles. The van der Waals surface area contributed by atoms with Gasteiger partial charge in [0.05, 0.1) is 19.8 Å². The van der Waals surface area contributed by atoms with Gasteiger partial charge in [-0.2, -0.15) is 0 Å². The lowest BCUT2D eigenvalue weighted by molar-refractivity contribution is 0.100. The van der Waals surface area contributed by atoms with Gasteiger partial charge in [0.25, 0.3) is 0 Å². The molecule has 114 valence electrons. The van der Waals surface area contributed by atoms with Crippen LogP contribution in [0.4, 0.5) is 0 Å².